The molecule has 0 fully saturated rings. The standard InChI is InChI=1S/C18H18BrN5O3/c1-4-27-18(26)15-10(2)16(20-11(15)3)14(25)9-24-22-17(21-23-24)12-5-7-13(19)8-6-12/h5-8,20H,4,9H2,1-3H3. The molecular formula is C18H18BrN5O3. The van der Waals surface area contributed by atoms with Crippen LogP contribution in [0.2, 0.25) is 0 Å². The number of ether oxygens (including phenoxy) is 1. The van der Waals surface area contributed by atoms with Crippen molar-refractivity contribution in [2.45, 2.75) is 27.3 Å². The molecule has 9 heteroatoms. The van der Waals surface area contributed by atoms with Gasteiger partial charge in [0.25, 0.3) is 0 Å². The zero-order chi connectivity index (χ0) is 19.6. The number of benzene rings is 1. The van der Waals surface area contributed by atoms with Gasteiger partial charge in [-0.1, -0.05) is 15.9 Å². The first-order valence-corrected chi connectivity index (χ1v) is 9.13. The molecule has 0 saturated carbocycles. The number of Topliss-reactive ketones (excluding diaryl/α,β-unsaturated/α-hetero) is 1. The number of nitrogens with one attached hydrogen (secondary N) is 1. The van der Waals surface area contributed by atoms with E-state index < -0.39 is 5.97 Å². The van der Waals surface area contributed by atoms with Crippen LogP contribution >= 0.6 is 15.9 Å². The first kappa shape index (κ1) is 19.0. The number of hydrogen-bond donors (Lipinski definition) is 1. The first-order chi connectivity index (χ1) is 12.9. The van der Waals surface area contributed by atoms with Crippen LogP contribution in [0.25, 0.3) is 11.4 Å². The summed E-state index contributed by atoms with van der Waals surface area (Å²) in [6, 6.07) is 7.47. The largest absolute Gasteiger partial charge is 0.462 e. The van der Waals surface area contributed by atoms with Gasteiger partial charge in [0.2, 0.25) is 11.6 Å². The summed E-state index contributed by atoms with van der Waals surface area (Å²) in [6.45, 7) is 5.36. The Balaban J connectivity index is 1.79. The number of carbonyl (C=O) groups excluding carboxylic acids is 2. The normalized spacial score (nSPS) is 10.8. The Morgan fingerprint density at radius 3 is 2.59 bits per heavy atom. The molecule has 3 rings (SSSR count). The fraction of sp³-hybridized carbons (Fsp3) is 0.278. The number of hydrogen-bond acceptors (Lipinski definition) is 6. The second kappa shape index (κ2) is 7.83. The van der Waals surface area contributed by atoms with Crippen molar-refractivity contribution in [3.63, 3.8) is 0 Å². The Bertz CT molecular complexity index is 991. The molecule has 2 heterocycles. The van der Waals surface area contributed by atoms with Gasteiger partial charge in [-0.3, -0.25) is 4.79 Å². The molecular weight excluding hydrogens is 414 g/mol. The second-order valence-corrected chi connectivity index (χ2v) is 6.83. The number of nitrogens with zero attached hydrogens (tertiary/aromatic N) is 4. The molecule has 0 unspecified atom stereocenters. The van der Waals surface area contributed by atoms with Gasteiger partial charge in [-0.15, -0.1) is 10.2 Å². The molecule has 0 saturated heterocycles. The fourth-order valence-electron chi connectivity index (χ4n) is 2.77. The summed E-state index contributed by atoms with van der Waals surface area (Å²) in [6.07, 6.45) is 0. The fourth-order valence-corrected chi connectivity index (χ4v) is 3.03. The maximum absolute atomic E-state index is 12.7. The summed E-state index contributed by atoms with van der Waals surface area (Å²) in [4.78, 5) is 28.9. The number of H-pyrrole nitrogens is 1. The van der Waals surface area contributed by atoms with Gasteiger partial charge >= 0.3 is 5.97 Å². The van der Waals surface area contributed by atoms with Crippen LogP contribution in [0.3, 0.4) is 0 Å². The lowest BCUT2D eigenvalue weighted by Crippen LogP contribution is -2.15. The summed E-state index contributed by atoms with van der Waals surface area (Å²) < 4.78 is 6.00. The average molecular weight is 432 g/mol. The van der Waals surface area contributed by atoms with Crippen molar-refractivity contribution >= 4 is 27.7 Å². The van der Waals surface area contributed by atoms with E-state index in [-0.39, 0.29) is 18.9 Å². The molecule has 8 nitrogen and oxygen atoms in total. The number of esters is 1. The van der Waals surface area contributed by atoms with Crippen LogP contribution in [0, 0.1) is 13.8 Å². The Kier molecular flexibility index (Phi) is 5.50. The van der Waals surface area contributed by atoms with Crippen LogP contribution in [0.15, 0.2) is 28.7 Å². The number of aromatic amines is 1. The number of rotatable bonds is 6. The van der Waals surface area contributed by atoms with Gasteiger partial charge in [-0.05, 0) is 55.8 Å². The Morgan fingerprint density at radius 1 is 1.22 bits per heavy atom. The molecule has 3 aromatic rings. The van der Waals surface area contributed by atoms with Crippen molar-refractivity contribution in [2.24, 2.45) is 0 Å². The summed E-state index contributed by atoms with van der Waals surface area (Å²) in [5.41, 5.74) is 2.69. The maximum Gasteiger partial charge on any atom is 0.340 e. The highest BCUT2D eigenvalue weighted by Crippen LogP contribution is 2.20. The van der Waals surface area contributed by atoms with Gasteiger partial charge in [0.05, 0.1) is 17.9 Å². The second-order valence-electron chi connectivity index (χ2n) is 5.92. The predicted octanol–water partition coefficient (Wildman–Crippen LogP) is 3.11. The molecule has 0 aliphatic carbocycles. The highest BCUT2D eigenvalue weighted by atomic mass is 79.9. The van der Waals surface area contributed by atoms with Crippen molar-refractivity contribution in [1.82, 2.24) is 25.2 Å². The molecule has 0 radical (unpaired) electrons. The Labute approximate surface area is 164 Å². The molecule has 0 atom stereocenters. The van der Waals surface area contributed by atoms with Crippen molar-refractivity contribution in [3.05, 3.63) is 51.3 Å². The molecule has 140 valence electrons. The molecule has 2 aromatic heterocycles. The lowest BCUT2D eigenvalue weighted by Gasteiger charge is -2.02. The van der Waals surface area contributed by atoms with Crippen LogP contribution in [0.4, 0.5) is 0 Å². The highest BCUT2D eigenvalue weighted by Gasteiger charge is 2.23. The van der Waals surface area contributed by atoms with Crippen molar-refractivity contribution in [3.8, 4) is 11.4 Å². The molecule has 0 amide bonds. The van der Waals surface area contributed by atoms with Crippen LogP contribution in [-0.2, 0) is 11.3 Å². The number of aryl methyl sites for hydroxylation is 1. The first-order valence-electron chi connectivity index (χ1n) is 8.34. The lowest BCUT2D eigenvalue weighted by atomic mass is 10.1. The third-order valence-corrected chi connectivity index (χ3v) is 4.56. The van der Waals surface area contributed by atoms with E-state index in [0.29, 0.717) is 28.3 Å². The minimum absolute atomic E-state index is 0.0907. The van der Waals surface area contributed by atoms with E-state index in [2.05, 4.69) is 36.3 Å². The van der Waals surface area contributed by atoms with Crippen LogP contribution in [-0.4, -0.2) is 43.6 Å². The van der Waals surface area contributed by atoms with Gasteiger partial charge in [0.1, 0.15) is 6.54 Å². The molecule has 0 aliphatic heterocycles. The number of halogens is 1. The van der Waals surface area contributed by atoms with Gasteiger partial charge in [-0.2, -0.15) is 4.80 Å². The molecule has 0 aliphatic rings. The van der Waals surface area contributed by atoms with Crippen molar-refractivity contribution < 1.29 is 14.3 Å². The van der Waals surface area contributed by atoms with Gasteiger partial charge in [-0.25, -0.2) is 4.79 Å². The minimum atomic E-state index is -0.445. The average Bonchev–Trinajstić information content (AvgIpc) is 3.20. The van der Waals surface area contributed by atoms with E-state index in [1.807, 2.05) is 24.3 Å². The minimum Gasteiger partial charge on any atom is -0.462 e. The van der Waals surface area contributed by atoms with E-state index in [1.165, 1.54) is 4.80 Å². The smallest absolute Gasteiger partial charge is 0.340 e. The van der Waals surface area contributed by atoms with E-state index >= 15 is 0 Å². The van der Waals surface area contributed by atoms with E-state index in [4.69, 9.17) is 4.74 Å². The molecule has 27 heavy (non-hydrogen) atoms. The van der Waals surface area contributed by atoms with Crippen LogP contribution < -0.4 is 0 Å². The van der Waals surface area contributed by atoms with Gasteiger partial charge in [0, 0.05) is 15.7 Å². The Morgan fingerprint density at radius 2 is 1.93 bits per heavy atom. The third-order valence-electron chi connectivity index (χ3n) is 4.04. The summed E-state index contributed by atoms with van der Waals surface area (Å²) in [7, 11) is 0. The summed E-state index contributed by atoms with van der Waals surface area (Å²) >= 11 is 3.37. The maximum atomic E-state index is 12.7. The van der Waals surface area contributed by atoms with E-state index in [1.54, 1.807) is 20.8 Å². The number of ketones is 1. The molecule has 0 spiro atoms. The topological polar surface area (TPSA) is 103 Å². The monoisotopic (exact) mass is 431 g/mol. The summed E-state index contributed by atoms with van der Waals surface area (Å²) in [5, 5.41) is 12.2. The number of carbonyl (C=O) groups is 2. The summed E-state index contributed by atoms with van der Waals surface area (Å²) in [5.74, 6) is -0.257. The van der Waals surface area contributed by atoms with Crippen molar-refractivity contribution in [1.29, 1.82) is 0 Å². The highest BCUT2D eigenvalue weighted by molar-refractivity contribution is 9.10. The number of aromatic nitrogens is 5. The molecule has 0 bridgehead atoms. The quantitative estimate of drug-likeness (QED) is 0.474. The van der Waals surface area contributed by atoms with Crippen LogP contribution in [0.1, 0.15) is 39.0 Å². The van der Waals surface area contributed by atoms with Crippen LogP contribution in [0.5, 0.6) is 0 Å². The van der Waals surface area contributed by atoms with Crippen molar-refractivity contribution in [2.75, 3.05) is 6.61 Å². The van der Waals surface area contributed by atoms with Gasteiger partial charge < -0.3 is 9.72 Å². The number of tetrazole rings is 1. The molecule has 1 aromatic carbocycles. The lowest BCUT2D eigenvalue weighted by molar-refractivity contribution is 0.0525. The van der Waals surface area contributed by atoms with E-state index in [0.717, 1.165) is 10.0 Å². The zero-order valence-corrected chi connectivity index (χ0v) is 16.7. The van der Waals surface area contributed by atoms with E-state index in [9.17, 15) is 9.59 Å². The SMILES string of the molecule is CCOC(=O)c1c(C)[nH]c(C(=O)Cn2nnc(-c3ccc(Br)cc3)n2)c1C. The third kappa shape index (κ3) is 3.97. The van der Waals surface area contributed by atoms with Gasteiger partial charge in [0.15, 0.2) is 0 Å². The Hall–Kier alpha value is -2.81. The zero-order valence-electron chi connectivity index (χ0n) is 15.1. The predicted molar refractivity (Wildman–Crippen MR) is 102 cm³/mol. The molecule has 1 N–H and O–H groups in total.